The number of anilines is 1. The van der Waals surface area contributed by atoms with E-state index in [-0.39, 0.29) is 22.7 Å². The van der Waals surface area contributed by atoms with Gasteiger partial charge in [0.15, 0.2) is 0 Å². The molecule has 4 rings (SSSR count). The number of benzene rings is 2. The zero-order valence-electron chi connectivity index (χ0n) is 16.6. The number of likely N-dealkylation sites (tertiary alicyclic amines) is 1. The molecule has 0 bridgehead atoms. The van der Waals surface area contributed by atoms with Crippen molar-refractivity contribution >= 4 is 39.8 Å². The molecule has 1 amide bonds. The van der Waals surface area contributed by atoms with Gasteiger partial charge >= 0.3 is 0 Å². The van der Waals surface area contributed by atoms with Gasteiger partial charge in [0.05, 0.1) is 21.7 Å². The molecule has 0 spiro atoms. The Kier molecular flexibility index (Phi) is 5.74. The number of piperidine rings is 1. The molecule has 1 saturated heterocycles. The Balaban J connectivity index is 1.37. The summed E-state index contributed by atoms with van der Waals surface area (Å²) in [5.41, 5.74) is 2.78. The monoisotopic (exact) mass is 426 g/mol. The first kappa shape index (κ1) is 20.4. The van der Waals surface area contributed by atoms with Crippen molar-refractivity contribution in [2.24, 2.45) is 0 Å². The Hall–Kier alpha value is -2.90. The number of halogens is 1. The van der Waals surface area contributed by atoms with E-state index in [0.29, 0.717) is 11.6 Å². The number of carbonyl (C=O) groups excluding carboxylic acids is 1. The highest BCUT2D eigenvalue weighted by Crippen LogP contribution is 2.34. The van der Waals surface area contributed by atoms with Gasteiger partial charge in [-0.3, -0.25) is 19.8 Å². The van der Waals surface area contributed by atoms with E-state index < -0.39 is 4.92 Å². The van der Waals surface area contributed by atoms with Crippen molar-refractivity contribution in [2.45, 2.75) is 31.7 Å². The molecule has 1 atom stereocenters. The third kappa shape index (κ3) is 4.04. The molecule has 30 heavy (non-hydrogen) atoms. The number of hydrogen-bond donors (Lipinski definition) is 2. The average molecular weight is 427 g/mol. The second-order valence-corrected chi connectivity index (χ2v) is 8.09. The fraction of sp³-hybridized carbons (Fsp3) is 0.318. The summed E-state index contributed by atoms with van der Waals surface area (Å²) in [5, 5.41) is 15.1. The summed E-state index contributed by atoms with van der Waals surface area (Å²) < 4.78 is 0. The van der Waals surface area contributed by atoms with Crippen LogP contribution in [0.25, 0.3) is 10.9 Å². The van der Waals surface area contributed by atoms with Crippen LogP contribution in [0.1, 0.15) is 31.2 Å². The molecule has 1 aromatic heterocycles. The summed E-state index contributed by atoms with van der Waals surface area (Å²) in [6, 6.07) is 12.1. The van der Waals surface area contributed by atoms with Crippen LogP contribution in [-0.2, 0) is 4.79 Å². The Labute approximate surface area is 179 Å². The smallest absolute Gasteiger partial charge is 0.271 e. The number of aromatic nitrogens is 1. The van der Waals surface area contributed by atoms with E-state index in [4.69, 9.17) is 11.6 Å². The van der Waals surface area contributed by atoms with Crippen LogP contribution < -0.4 is 5.32 Å². The minimum absolute atomic E-state index is 0.106. The van der Waals surface area contributed by atoms with Gasteiger partial charge in [0, 0.05) is 29.2 Å². The van der Waals surface area contributed by atoms with Crippen molar-refractivity contribution < 1.29 is 9.72 Å². The fourth-order valence-electron chi connectivity index (χ4n) is 4.15. The van der Waals surface area contributed by atoms with Crippen LogP contribution in [0.15, 0.2) is 48.7 Å². The number of rotatable bonds is 5. The van der Waals surface area contributed by atoms with Gasteiger partial charge in [-0.05, 0) is 56.5 Å². The largest absolute Gasteiger partial charge is 0.361 e. The molecule has 7 nitrogen and oxygen atoms in total. The minimum atomic E-state index is -0.516. The molecule has 3 aromatic rings. The number of carbonyl (C=O) groups is 1. The third-order valence-corrected chi connectivity index (χ3v) is 6.25. The molecule has 156 valence electrons. The lowest BCUT2D eigenvalue weighted by molar-refractivity contribution is -0.384. The average Bonchev–Trinajstić information content (AvgIpc) is 3.18. The van der Waals surface area contributed by atoms with Gasteiger partial charge in [-0.1, -0.05) is 29.8 Å². The minimum Gasteiger partial charge on any atom is -0.361 e. The van der Waals surface area contributed by atoms with E-state index in [1.807, 2.05) is 13.0 Å². The van der Waals surface area contributed by atoms with Gasteiger partial charge in [-0.25, -0.2) is 0 Å². The van der Waals surface area contributed by atoms with E-state index in [1.165, 1.54) is 29.1 Å². The number of non-ortho nitro benzene ring substituents is 1. The molecule has 1 aliphatic rings. The SMILES string of the molecule is C[C@@H](C(=O)Nc1ccc([N+](=O)[O-])cc1Cl)N1CCC(c2c[nH]c3ccccc23)CC1. The second-order valence-electron chi connectivity index (χ2n) is 7.69. The summed E-state index contributed by atoms with van der Waals surface area (Å²) in [6.45, 7) is 3.53. The van der Waals surface area contributed by atoms with Crippen LogP contribution in [0.4, 0.5) is 11.4 Å². The molecule has 2 aromatic carbocycles. The first-order valence-electron chi connectivity index (χ1n) is 9.99. The Morgan fingerprint density at radius 2 is 2.00 bits per heavy atom. The van der Waals surface area contributed by atoms with Crippen molar-refractivity contribution in [1.82, 2.24) is 9.88 Å². The van der Waals surface area contributed by atoms with Crippen LogP contribution in [0, 0.1) is 10.1 Å². The molecule has 0 unspecified atom stereocenters. The predicted molar refractivity (Wildman–Crippen MR) is 118 cm³/mol. The van der Waals surface area contributed by atoms with Gasteiger partial charge in [-0.2, -0.15) is 0 Å². The van der Waals surface area contributed by atoms with Crippen LogP contribution in [0.2, 0.25) is 5.02 Å². The Morgan fingerprint density at radius 3 is 2.70 bits per heavy atom. The van der Waals surface area contributed by atoms with Gasteiger partial charge < -0.3 is 10.3 Å². The van der Waals surface area contributed by atoms with E-state index in [0.717, 1.165) is 31.4 Å². The highest BCUT2D eigenvalue weighted by molar-refractivity contribution is 6.34. The topological polar surface area (TPSA) is 91.3 Å². The molecule has 2 N–H and O–H groups in total. The predicted octanol–water partition coefficient (Wildman–Crippen LogP) is 4.94. The quantitative estimate of drug-likeness (QED) is 0.446. The summed E-state index contributed by atoms with van der Waals surface area (Å²) >= 11 is 6.10. The Morgan fingerprint density at radius 1 is 1.27 bits per heavy atom. The third-order valence-electron chi connectivity index (χ3n) is 5.94. The number of nitro groups is 1. The van der Waals surface area contributed by atoms with Gasteiger partial charge in [-0.15, -0.1) is 0 Å². The first-order valence-corrected chi connectivity index (χ1v) is 10.4. The Bertz CT molecular complexity index is 1090. The summed E-state index contributed by atoms with van der Waals surface area (Å²) in [7, 11) is 0. The molecular formula is C22H23ClN4O3. The maximum absolute atomic E-state index is 12.7. The van der Waals surface area contributed by atoms with Crippen LogP contribution in [0.3, 0.4) is 0 Å². The zero-order valence-corrected chi connectivity index (χ0v) is 17.4. The number of nitro benzene ring substituents is 1. The number of para-hydroxylation sites is 1. The van der Waals surface area contributed by atoms with E-state index in [2.05, 4.69) is 39.6 Å². The standard InChI is InChI=1S/C22H23ClN4O3/c1-14(22(28)25-21-7-6-16(27(29)30)12-19(21)23)26-10-8-15(9-11-26)18-13-24-20-5-3-2-4-17(18)20/h2-7,12-15,24H,8-11H2,1H3,(H,25,28)/t14-/m0/s1. The summed E-state index contributed by atoms with van der Waals surface area (Å²) in [5.74, 6) is 0.299. The van der Waals surface area contributed by atoms with E-state index in [1.54, 1.807) is 0 Å². The highest BCUT2D eigenvalue weighted by Gasteiger charge is 2.28. The molecule has 8 heteroatoms. The maximum Gasteiger partial charge on any atom is 0.271 e. The number of nitrogens with zero attached hydrogens (tertiary/aromatic N) is 2. The van der Waals surface area contributed by atoms with E-state index in [9.17, 15) is 14.9 Å². The lowest BCUT2D eigenvalue weighted by Crippen LogP contribution is -2.45. The molecule has 1 aliphatic heterocycles. The van der Waals surface area contributed by atoms with Gasteiger partial charge in [0.25, 0.3) is 5.69 Å². The van der Waals surface area contributed by atoms with Crippen molar-refractivity contribution in [3.05, 3.63) is 69.4 Å². The number of aromatic amines is 1. The first-order chi connectivity index (χ1) is 14.4. The zero-order chi connectivity index (χ0) is 21.3. The molecule has 0 saturated carbocycles. The molecule has 0 aliphatic carbocycles. The number of nitrogens with one attached hydrogen (secondary N) is 2. The molecular weight excluding hydrogens is 404 g/mol. The summed E-state index contributed by atoms with van der Waals surface area (Å²) in [6.07, 6.45) is 4.08. The van der Waals surface area contributed by atoms with Gasteiger partial charge in [0.2, 0.25) is 5.91 Å². The number of hydrogen-bond acceptors (Lipinski definition) is 4. The number of amides is 1. The van der Waals surface area contributed by atoms with E-state index >= 15 is 0 Å². The van der Waals surface area contributed by atoms with Crippen LogP contribution >= 0.6 is 11.6 Å². The van der Waals surface area contributed by atoms with Crippen LogP contribution in [-0.4, -0.2) is 39.8 Å². The number of fused-ring (bicyclic) bond motifs is 1. The number of H-pyrrole nitrogens is 1. The maximum atomic E-state index is 12.7. The lowest BCUT2D eigenvalue weighted by atomic mass is 9.88. The van der Waals surface area contributed by atoms with Crippen molar-refractivity contribution in [3.8, 4) is 0 Å². The van der Waals surface area contributed by atoms with Crippen molar-refractivity contribution in [1.29, 1.82) is 0 Å². The molecule has 2 heterocycles. The summed E-state index contributed by atoms with van der Waals surface area (Å²) in [4.78, 5) is 28.6. The fourth-order valence-corrected chi connectivity index (χ4v) is 4.37. The molecule has 1 fully saturated rings. The normalized spacial score (nSPS) is 16.5. The second kappa shape index (κ2) is 8.45. The molecule has 0 radical (unpaired) electrons. The van der Waals surface area contributed by atoms with Crippen molar-refractivity contribution in [2.75, 3.05) is 18.4 Å². The highest BCUT2D eigenvalue weighted by atomic mass is 35.5. The lowest BCUT2D eigenvalue weighted by Gasteiger charge is -2.35. The van der Waals surface area contributed by atoms with Crippen LogP contribution in [0.5, 0.6) is 0 Å². The van der Waals surface area contributed by atoms with Crippen molar-refractivity contribution in [3.63, 3.8) is 0 Å². The van der Waals surface area contributed by atoms with Gasteiger partial charge in [0.1, 0.15) is 0 Å².